The zero-order chi connectivity index (χ0) is 14.9. The number of carbonyl (C=O) groups is 2. The van der Waals surface area contributed by atoms with Gasteiger partial charge in [0.1, 0.15) is 6.04 Å². The van der Waals surface area contributed by atoms with E-state index < -0.39 is 6.04 Å². The molecule has 1 aliphatic rings. The molecule has 7 heteroatoms. The van der Waals surface area contributed by atoms with Gasteiger partial charge in [0.25, 0.3) is 0 Å². The van der Waals surface area contributed by atoms with Crippen LogP contribution in [0.3, 0.4) is 0 Å². The summed E-state index contributed by atoms with van der Waals surface area (Å²) < 4.78 is 1.67. The predicted octanol–water partition coefficient (Wildman–Crippen LogP) is 1.01. The van der Waals surface area contributed by atoms with Crippen molar-refractivity contribution in [3.8, 4) is 0 Å². The number of aromatic nitrogens is 2. The lowest BCUT2D eigenvalue weighted by Crippen LogP contribution is -2.57. The molecule has 110 valence electrons. The van der Waals surface area contributed by atoms with Crippen molar-refractivity contribution in [1.29, 1.82) is 0 Å². The summed E-state index contributed by atoms with van der Waals surface area (Å²) in [6.45, 7) is 4.17. The van der Waals surface area contributed by atoms with Gasteiger partial charge in [0.15, 0.2) is 0 Å². The smallest absolute Gasteiger partial charge is 0.243 e. The van der Waals surface area contributed by atoms with Crippen LogP contribution >= 0.6 is 11.6 Å². The van der Waals surface area contributed by atoms with Crippen molar-refractivity contribution in [2.75, 3.05) is 6.54 Å². The molecule has 6 nitrogen and oxygen atoms in total. The Bertz CT molecular complexity index is 541. The third kappa shape index (κ3) is 2.65. The van der Waals surface area contributed by atoms with Crippen molar-refractivity contribution in [3.05, 3.63) is 16.4 Å². The van der Waals surface area contributed by atoms with Gasteiger partial charge >= 0.3 is 0 Å². The Morgan fingerprint density at radius 1 is 1.45 bits per heavy atom. The van der Waals surface area contributed by atoms with Crippen LogP contribution in [0.5, 0.6) is 0 Å². The van der Waals surface area contributed by atoms with E-state index in [2.05, 4.69) is 10.4 Å². The largest absolute Gasteiger partial charge is 0.345 e. The molecule has 0 bridgehead atoms. The normalized spacial score (nSPS) is 19.4. The molecule has 0 aliphatic carbocycles. The first-order valence-corrected chi connectivity index (χ1v) is 7.08. The molecule has 2 heterocycles. The molecular formula is C13H19ClN4O2. The number of piperazine rings is 1. The molecular weight excluding hydrogens is 280 g/mol. The van der Waals surface area contributed by atoms with E-state index in [1.54, 1.807) is 16.6 Å². The van der Waals surface area contributed by atoms with Crippen LogP contribution < -0.4 is 5.32 Å². The number of hydrogen-bond acceptors (Lipinski definition) is 3. The van der Waals surface area contributed by atoms with E-state index in [9.17, 15) is 9.59 Å². The van der Waals surface area contributed by atoms with Gasteiger partial charge in [0.2, 0.25) is 11.8 Å². The summed E-state index contributed by atoms with van der Waals surface area (Å²) in [7, 11) is 1.79. The minimum absolute atomic E-state index is 0.0491. The van der Waals surface area contributed by atoms with E-state index in [0.29, 0.717) is 18.0 Å². The first-order valence-electron chi connectivity index (χ1n) is 6.70. The summed E-state index contributed by atoms with van der Waals surface area (Å²) in [4.78, 5) is 25.6. The second-order valence-electron chi connectivity index (χ2n) is 5.01. The second kappa shape index (κ2) is 5.83. The number of nitrogens with one attached hydrogen (secondary N) is 1. The van der Waals surface area contributed by atoms with E-state index in [0.717, 1.165) is 17.8 Å². The number of aryl methyl sites for hydroxylation is 2. The number of carbonyl (C=O) groups excluding carboxylic acids is 2. The van der Waals surface area contributed by atoms with Gasteiger partial charge < -0.3 is 10.2 Å². The standard InChI is InChI=1S/C13H19ClN4O2/c1-4-5-9-13(20)15-6-11(19)18(9)7-10-12(14)8(2)16-17(10)3/h9H,4-7H2,1-3H3,(H,15,20). The van der Waals surface area contributed by atoms with E-state index in [-0.39, 0.29) is 18.4 Å². The molecule has 1 N–H and O–H groups in total. The number of rotatable bonds is 4. The number of hydrogen-bond donors (Lipinski definition) is 1. The first-order chi connectivity index (χ1) is 9.45. The van der Waals surface area contributed by atoms with Gasteiger partial charge in [-0.1, -0.05) is 24.9 Å². The lowest BCUT2D eigenvalue weighted by molar-refractivity contribution is -0.146. The van der Waals surface area contributed by atoms with Crippen LogP contribution in [0.15, 0.2) is 0 Å². The van der Waals surface area contributed by atoms with E-state index >= 15 is 0 Å². The quantitative estimate of drug-likeness (QED) is 0.902. The lowest BCUT2D eigenvalue weighted by atomic mass is 10.1. The molecule has 2 amide bonds. The fraction of sp³-hybridized carbons (Fsp3) is 0.615. The van der Waals surface area contributed by atoms with Crippen molar-refractivity contribution in [3.63, 3.8) is 0 Å². The van der Waals surface area contributed by atoms with Crippen LogP contribution in [0.2, 0.25) is 5.02 Å². The Morgan fingerprint density at radius 2 is 2.15 bits per heavy atom. The van der Waals surface area contributed by atoms with Gasteiger partial charge in [-0.2, -0.15) is 5.10 Å². The molecule has 0 spiro atoms. The van der Waals surface area contributed by atoms with Crippen molar-refractivity contribution in [1.82, 2.24) is 20.0 Å². The highest BCUT2D eigenvalue weighted by molar-refractivity contribution is 6.31. The fourth-order valence-electron chi connectivity index (χ4n) is 2.47. The fourth-order valence-corrected chi connectivity index (χ4v) is 2.69. The average Bonchev–Trinajstić information content (AvgIpc) is 2.64. The van der Waals surface area contributed by atoms with E-state index in [4.69, 9.17) is 11.6 Å². The Labute approximate surface area is 123 Å². The molecule has 0 aromatic carbocycles. The minimum Gasteiger partial charge on any atom is -0.345 e. The molecule has 1 saturated heterocycles. The lowest BCUT2D eigenvalue weighted by Gasteiger charge is -2.34. The zero-order valence-electron chi connectivity index (χ0n) is 11.9. The summed E-state index contributed by atoms with van der Waals surface area (Å²) >= 11 is 6.22. The molecule has 2 rings (SSSR count). The number of halogens is 1. The molecule has 1 aliphatic heterocycles. The van der Waals surface area contributed by atoms with Crippen LogP contribution in [-0.4, -0.2) is 39.1 Å². The maximum absolute atomic E-state index is 12.1. The van der Waals surface area contributed by atoms with E-state index in [1.807, 2.05) is 13.8 Å². The topological polar surface area (TPSA) is 67.2 Å². The maximum Gasteiger partial charge on any atom is 0.243 e. The minimum atomic E-state index is -0.424. The Kier molecular flexibility index (Phi) is 4.32. The monoisotopic (exact) mass is 298 g/mol. The summed E-state index contributed by atoms with van der Waals surface area (Å²) in [6, 6.07) is -0.424. The van der Waals surface area contributed by atoms with Crippen molar-refractivity contribution in [2.45, 2.75) is 39.3 Å². The SMILES string of the molecule is CCCC1C(=O)NCC(=O)N1Cc1c(Cl)c(C)nn1C. The highest BCUT2D eigenvalue weighted by Gasteiger charge is 2.34. The summed E-state index contributed by atoms with van der Waals surface area (Å²) in [5.74, 6) is -0.181. The van der Waals surface area contributed by atoms with Crippen LogP contribution in [0.25, 0.3) is 0 Å². The van der Waals surface area contributed by atoms with E-state index in [1.165, 1.54) is 0 Å². The number of amides is 2. The summed E-state index contributed by atoms with van der Waals surface area (Å²) in [6.07, 6.45) is 1.48. The van der Waals surface area contributed by atoms with Crippen LogP contribution in [-0.2, 0) is 23.2 Å². The van der Waals surface area contributed by atoms with Crippen LogP contribution in [0, 0.1) is 6.92 Å². The van der Waals surface area contributed by atoms with Gasteiger partial charge in [-0.05, 0) is 13.3 Å². The van der Waals surface area contributed by atoms with Gasteiger partial charge in [-0.25, -0.2) is 0 Å². The molecule has 1 aromatic heterocycles. The summed E-state index contributed by atoms with van der Waals surface area (Å²) in [5, 5.41) is 7.43. The van der Waals surface area contributed by atoms with Crippen molar-refractivity contribution >= 4 is 23.4 Å². The highest BCUT2D eigenvalue weighted by atomic mass is 35.5. The average molecular weight is 299 g/mol. The van der Waals surface area contributed by atoms with Gasteiger partial charge in [0, 0.05) is 7.05 Å². The third-order valence-electron chi connectivity index (χ3n) is 3.56. The molecule has 1 unspecified atom stereocenters. The predicted molar refractivity (Wildman–Crippen MR) is 75.2 cm³/mol. The maximum atomic E-state index is 12.1. The molecule has 1 aromatic rings. The van der Waals surface area contributed by atoms with Crippen LogP contribution in [0.1, 0.15) is 31.2 Å². The van der Waals surface area contributed by atoms with Crippen molar-refractivity contribution < 1.29 is 9.59 Å². The van der Waals surface area contributed by atoms with Gasteiger partial charge in [-0.15, -0.1) is 0 Å². The Balaban J connectivity index is 2.27. The zero-order valence-corrected chi connectivity index (χ0v) is 12.7. The Hall–Kier alpha value is -1.56. The molecule has 0 saturated carbocycles. The molecule has 1 atom stereocenters. The van der Waals surface area contributed by atoms with Gasteiger partial charge in [-0.3, -0.25) is 14.3 Å². The van der Waals surface area contributed by atoms with Gasteiger partial charge in [0.05, 0.1) is 29.5 Å². The number of nitrogens with zero attached hydrogens (tertiary/aromatic N) is 3. The van der Waals surface area contributed by atoms with Crippen molar-refractivity contribution in [2.24, 2.45) is 7.05 Å². The molecule has 20 heavy (non-hydrogen) atoms. The summed E-state index contributed by atoms with van der Waals surface area (Å²) in [5.41, 5.74) is 1.48. The second-order valence-corrected chi connectivity index (χ2v) is 5.39. The Morgan fingerprint density at radius 3 is 2.70 bits per heavy atom. The molecule has 1 fully saturated rings. The third-order valence-corrected chi connectivity index (χ3v) is 4.05. The first kappa shape index (κ1) is 14.8. The van der Waals surface area contributed by atoms with Crippen LogP contribution in [0.4, 0.5) is 0 Å². The highest BCUT2D eigenvalue weighted by Crippen LogP contribution is 2.23. The molecule has 0 radical (unpaired) electrons.